The van der Waals surface area contributed by atoms with E-state index in [1.807, 2.05) is 13.0 Å². The van der Waals surface area contributed by atoms with Crippen LogP contribution in [-0.2, 0) is 0 Å². The molecule has 0 aliphatic carbocycles. The molecule has 0 heterocycles. The van der Waals surface area contributed by atoms with Gasteiger partial charge in [-0.05, 0) is 24.6 Å². The summed E-state index contributed by atoms with van der Waals surface area (Å²) in [5, 5.41) is 0. The Morgan fingerprint density at radius 3 is 2.75 bits per heavy atom. The standard InChI is InChI=1S/C6H9NS/c1-6(8)4-3-5-7-2/h3-5,8H,2H2,1H3/b5-3-,6-4+. The Balaban J connectivity index is 3.57. The Morgan fingerprint density at radius 1 is 1.75 bits per heavy atom. The van der Waals surface area contributed by atoms with Gasteiger partial charge in [0.05, 0.1) is 0 Å². The summed E-state index contributed by atoms with van der Waals surface area (Å²) in [5.41, 5.74) is 0. The number of thiol groups is 1. The molecule has 0 saturated carbocycles. The smallest absolute Gasteiger partial charge is 0.0260 e. The molecule has 0 atom stereocenters. The fraction of sp³-hybridized carbons (Fsp3) is 0.167. The molecule has 0 amide bonds. The maximum atomic E-state index is 4.02. The first-order chi connectivity index (χ1) is 3.77. The fourth-order valence-corrected chi connectivity index (χ4v) is 0.329. The SMILES string of the molecule is C=N/C=C\C=C(/C)S. The summed E-state index contributed by atoms with van der Waals surface area (Å²) in [7, 11) is 0. The Kier molecular flexibility index (Phi) is 4.36. The van der Waals surface area contributed by atoms with Gasteiger partial charge in [0, 0.05) is 6.20 Å². The zero-order valence-electron chi connectivity index (χ0n) is 4.83. The van der Waals surface area contributed by atoms with Gasteiger partial charge in [-0.15, -0.1) is 12.6 Å². The van der Waals surface area contributed by atoms with Gasteiger partial charge in [0.2, 0.25) is 0 Å². The minimum absolute atomic E-state index is 0.963. The van der Waals surface area contributed by atoms with Crippen LogP contribution in [0.5, 0.6) is 0 Å². The first-order valence-electron chi connectivity index (χ1n) is 2.25. The van der Waals surface area contributed by atoms with Crippen LogP contribution in [0, 0.1) is 0 Å². The first kappa shape index (κ1) is 7.50. The minimum Gasteiger partial charge on any atom is -0.273 e. The molecule has 0 rings (SSSR count). The molecule has 0 aromatic carbocycles. The lowest BCUT2D eigenvalue weighted by Crippen LogP contribution is -1.53. The van der Waals surface area contributed by atoms with Crippen molar-refractivity contribution >= 4 is 19.3 Å². The molecule has 0 aliphatic heterocycles. The van der Waals surface area contributed by atoms with Crippen LogP contribution in [0.2, 0.25) is 0 Å². The quantitative estimate of drug-likeness (QED) is 0.331. The lowest BCUT2D eigenvalue weighted by atomic mass is 10.5. The van der Waals surface area contributed by atoms with Crippen LogP contribution in [0.1, 0.15) is 6.92 Å². The molecule has 8 heavy (non-hydrogen) atoms. The molecular weight excluding hydrogens is 118 g/mol. The lowest BCUT2D eigenvalue weighted by Gasteiger charge is -1.77. The predicted molar refractivity (Wildman–Crippen MR) is 41.4 cm³/mol. The normalized spacial score (nSPS) is 12.5. The number of aliphatic imine (C=N–C) groups is 1. The molecule has 0 bridgehead atoms. The van der Waals surface area contributed by atoms with Crippen molar-refractivity contribution in [3.63, 3.8) is 0 Å². The van der Waals surface area contributed by atoms with Crippen molar-refractivity contribution in [2.75, 3.05) is 0 Å². The largest absolute Gasteiger partial charge is 0.273 e. The summed E-state index contributed by atoms with van der Waals surface area (Å²) in [6, 6.07) is 0. The molecule has 0 aromatic rings. The third-order valence-corrected chi connectivity index (χ3v) is 0.678. The van der Waals surface area contributed by atoms with Gasteiger partial charge < -0.3 is 0 Å². The van der Waals surface area contributed by atoms with Gasteiger partial charge in [0.25, 0.3) is 0 Å². The van der Waals surface area contributed by atoms with E-state index in [4.69, 9.17) is 0 Å². The van der Waals surface area contributed by atoms with E-state index in [9.17, 15) is 0 Å². The topological polar surface area (TPSA) is 12.4 Å². The number of hydrogen-bond acceptors (Lipinski definition) is 2. The van der Waals surface area contributed by atoms with E-state index < -0.39 is 0 Å². The molecule has 0 spiro atoms. The van der Waals surface area contributed by atoms with Crippen LogP contribution in [0.25, 0.3) is 0 Å². The number of allylic oxidation sites excluding steroid dienone is 3. The van der Waals surface area contributed by atoms with Gasteiger partial charge in [-0.25, -0.2) is 0 Å². The van der Waals surface area contributed by atoms with E-state index in [0.29, 0.717) is 0 Å². The van der Waals surface area contributed by atoms with Gasteiger partial charge in [-0.2, -0.15) is 0 Å². The lowest BCUT2D eigenvalue weighted by molar-refractivity contribution is 1.59. The summed E-state index contributed by atoms with van der Waals surface area (Å²) in [6.07, 6.45) is 5.24. The highest BCUT2D eigenvalue weighted by Gasteiger charge is 1.67. The summed E-state index contributed by atoms with van der Waals surface area (Å²) in [4.78, 5) is 4.46. The average molecular weight is 127 g/mol. The average Bonchev–Trinajstić information content (AvgIpc) is 1.66. The molecule has 0 aromatic heterocycles. The number of hydrogen-bond donors (Lipinski definition) is 1. The molecule has 0 unspecified atom stereocenters. The monoisotopic (exact) mass is 127 g/mol. The highest BCUT2D eigenvalue weighted by Crippen LogP contribution is 1.95. The summed E-state index contributed by atoms with van der Waals surface area (Å²) in [6.45, 7) is 5.17. The summed E-state index contributed by atoms with van der Waals surface area (Å²) >= 11 is 4.02. The van der Waals surface area contributed by atoms with Crippen LogP contribution in [0.3, 0.4) is 0 Å². The highest BCUT2D eigenvalue weighted by atomic mass is 32.1. The van der Waals surface area contributed by atoms with E-state index in [2.05, 4.69) is 24.3 Å². The summed E-state index contributed by atoms with van der Waals surface area (Å²) < 4.78 is 0. The third kappa shape index (κ3) is 5.50. The second-order valence-electron chi connectivity index (χ2n) is 1.33. The number of nitrogens with zero attached hydrogens (tertiary/aromatic N) is 1. The van der Waals surface area contributed by atoms with Crippen molar-refractivity contribution < 1.29 is 0 Å². The van der Waals surface area contributed by atoms with Crippen molar-refractivity contribution in [1.29, 1.82) is 0 Å². The van der Waals surface area contributed by atoms with Crippen molar-refractivity contribution in [2.24, 2.45) is 4.99 Å². The molecule has 2 heteroatoms. The zero-order valence-corrected chi connectivity index (χ0v) is 5.73. The molecule has 0 radical (unpaired) electrons. The van der Waals surface area contributed by atoms with Crippen LogP contribution < -0.4 is 0 Å². The Labute approximate surface area is 55.2 Å². The third-order valence-electron chi connectivity index (χ3n) is 0.529. The van der Waals surface area contributed by atoms with E-state index in [-0.39, 0.29) is 0 Å². The maximum Gasteiger partial charge on any atom is 0.0260 e. The van der Waals surface area contributed by atoms with Crippen molar-refractivity contribution in [1.82, 2.24) is 0 Å². The number of rotatable bonds is 2. The zero-order chi connectivity index (χ0) is 6.41. The van der Waals surface area contributed by atoms with Crippen molar-refractivity contribution in [2.45, 2.75) is 6.92 Å². The fourth-order valence-electron chi connectivity index (χ4n) is 0.243. The molecule has 44 valence electrons. The van der Waals surface area contributed by atoms with Crippen LogP contribution in [0.4, 0.5) is 0 Å². The molecule has 0 fully saturated rings. The van der Waals surface area contributed by atoms with Gasteiger partial charge in [-0.1, -0.05) is 6.08 Å². The molecule has 1 nitrogen and oxygen atoms in total. The van der Waals surface area contributed by atoms with Crippen molar-refractivity contribution in [3.05, 3.63) is 23.3 Å². The second-order valence-corrected chi connectivity index (χ2v) is 2.04. The minimum atomic E-state index is 0.963. The van der Waals surface area contributed by atoms with E-state index in [1.54, 1.807) is 12.3 Å². The van der Waals surface area contributed by atoms with E-state index >= 15 is 0 Å². The molecule has 0 saturated heterocycles. The summed E-state index contributed by atoms with van der Waals surface area (Å²) in [5.74, 6) is 0. The van der Waals surface area contributed by atoms with Crippen LogP contribution in [0.15, 0.2) is 28.2 Å². The Bertz CT molecular complexity index is 120. The van der Waals surface area contributed by atoms with Gasteiger partial charge >= 0.3 is 0 Å². The molecule has 0 aliphatic rings. The van der Waals surface area contributed by atoms with E-state index in [0.717, 1.165) is 4.91 Å². The van der Waals surface area contributed by atoms with Gasteiger partial charge in [0.15, 0.2) is 0 Å². The first-order valence-corrected chi connectivity index (χ1v) is 2.70. The van der Waals surface area contributed by atoms with Crippen LogP contribution in [-0.4, -0.2) is 6.72 Å². The van der Waals surface area contributed by atoms with Crippen molar-refractivity contribution in [3.8, 4) is 0 Å². The Hall–Kier alpha value is -0.500. The highest BCUT2D eigenvalue weighted by molar-refractivity contribution is 7.84. The molecular formula is C6H9NS. The Morgan fingerprint density at radius 2 is 2.38 bits per heavy atom. The predicted octanol–water partition coefficient (Wildman–Crippen LogP) is 2.03. The van der Waals surface area contributed by atoms with Gasteiger partial charge in [0.1, 0.15) is 0 Å². The maximum absolute atomic E-state index is 4.02. The van der Waals surface area contributed by atoms with E-state index in [1.165, 1.54) is 0 Å². The van der Waals surface area contributed by atoms with Crippen LogP contribution >= 0.6 is 12.6 Å². The molecule has 0 N–H and O–H groups in total. The van der Waals surface area contributed by atoms with Gasteiger partial charge in [-0.3, -0.25) is 4.99 Å². The second kappa shape index (κ2) is 4.65.